The molecule has 2 saturated carbocycles. The Hall–Kier alpha value is -1.58. The Morgan fingerprint density at radius 2 is 1.78 bits per heavy atom. The zero-order valence-corrected chi connectivity index (χ0v) is 13.5. The molecule has 0 spiro atoms. The SMILES string of the molecule is O=C(C1CC2CCC1C2)N1CCC(Nc2ccc(F)cc2)CC1. The molecule has 2 aliphatic carbocycles. The number of fused-ring (bicyclic) bond motifs is 2. The maximum absolute atomic E-state index is 12.9. The molecular formula is C19H25FN2O. The lowest BCUT2D eigenvalue weighted by Gasteiger charge is -2.36. The van der Waals surface area contributed by atoms with E-state index in [2.05, 4.69) is 10.2 Å². The topological polar surface area (TPSA) is 32.3 Å². The number of rotatable bonds is 3. The monoisotopic (exact) mass is 316 g/mol. The summed E-state index contributed by atoms with van der Waals surface area (Å²) in [6, 6.07) is 6.90. The van der Waals surface area contributed by atoms with Gasteiger partial charge in [-0.2, -0.15) is 0 Å². The van der Waals surface area contributed by atoms with Crippen molar-refractivity contribution in [3.05, 3.63) is 30.1 Å². The van der Waals surface area contributed by atoms with Crippen molar-refractivity contribution >= 4 is 11.6 Å². The first kappa shape index (κ1) is 15.0. The maximum atomic E-state index is 12.9. The van der Waals surface area contributed by atoms with E-state index >= 15 is 0 Å². The largest absolute Gasteiger partial charge is 0.382 e. The minimum absolute atomic E-state index is 0.207. The van der Waals surface area contributed by atoms with Gasteiger partial charge in [0, 0.05) is 30.7 Å². The van der Waals surface area contributed by atoms with Crippen LogP contribution in [0.3, 0.4) is 0 Å². The molecule has 3 unspecified atom stereocenters. The Kier molecular flexibility index (Phi) is 4.00. The van der Waals surface area contributed by atoms with E-state index in [4.69, 9.17) is 0 Å². The Labute approximate surface area is 137 Å². The fourth-order valence-electron chi connectivity index (χ4n) is 4.81. The number of halogens is 1. The summed E-state index contributed by atoms with van der Waals surface area (Å²) in [5.41, 5.74) is 0.962. The third-order valence-corrected chi connectivity index (χ3v) is 6.08. The summed E-state index contributed by atoms with van der Waals surface area (Å²) < 4.78 is 12.9. The molecular weight excluding hydrogens is 291 g/mol. The first-order valence-corrected chi connectivity index (χ1v) is 9.00. The van der Waals surface area contributed by atoms with Crippen LogP contribution in [0.5, 0.6) is 0 Å². The smallest absolute Gasteiger partial charge is 0.225 e. The van der Waals surface area contributed by atoms with Crippen molar-refractivity contribution in [3.63, 3.8) is 0 Å². The van der Waals surface area contributed by atoms with Crippen LogP contribution in [0.25, 0.3) is 0 Å². The summed E-state index contributed by atoms with van der Waals surface area (Å²) in [6.45, 7) is 1.71. The number of carbonyl (C=O) groups excluding carboxylic acids is 1. The molecule has 1 aromatic rings. The normalized spacial score (nSPS) is 30.7. The zero-order chi connectivity index (χ0) is 15.8. The van der Waals surface area contributed by atoms with Gasteiger partial charge >= 0.3 is 0 Å². The van der Waals surface area contributed by atoms with Gasteiger partial charge in [0.1, 0.15) is 5.82 Å². The van der Waals surface area contributed by atoms with E-state index in [0.717, 1.165) is 44.0 Å². The van der Waals surface area contributed by atoms with Crippen molar-refractivity contribution in [2.24, 2.45) is 17.8 Å². The number of nitrogens with zero attached hydrogens (tertiary/aromatic N) is 1. The number of anilines is 1. The minimum atomic E-state index is -0.207. The van der Waals surface area contributed by atoms with Gasteiger partial charge in [0.25, 0.3) is 0 Å². The lowest BCUT2D eigenvalue weighted by molar-refractivity contribution is -0.138. The second-order valence-electron chi connectivity index (χ2n) is 7.53. The Morgan fingerprint density at radius 3 is 2.39 bits per heavy atom. The molecule has 1 saturated heterocycles. The van der Waals surface area contributed by atoms with Crippen LogP contribution in [0.15, 0.2) is 24.3 Å². The molecule has 2 bridgehead atoms. The molecule has 3 fully saturated rings. The van der Waals surface area contributed by atoms with Gasteiger partial charge in [-0.3, -0.25) is 4.79 Å². The number of benzene rings is 1. The van der Waals surface area contributed by atoms with Crippen molar-refractivity contribution in [3.8, 4) is 0 Å². The number of nitrogens with one attached hydrogen (secondary N) is 1. The third-order valence-electron chi connectivity index (χ3n) is 6.08. The summed E-state index contributed by atoms with van der Waals surface area (Å²) in [4.78, 5) is 14.8. The van der Waals surface area contributed by atoms with Gasteiger partial charge < -0.3 is 10.2 Å². The van der Waals surface area contributed by atoms with Gasteiger partial charge in [-0.15, -0.1) is 0 Å². The molecule has 4 heteroatoms. The van der Waals surface area contributed by atoms with Gasteiger partial charge in [-0.1, -0.05) is 6.42 Å². The number of piperidine rings is 1. The second-order valence-corrected chi connectivity index (χ2v) is 7.53. The van der Waals surface area contributed by atoms with E-state index in [1.54, 1.807) is 12.1 Å². The number of amides is 1. The van der Waals surface area contributed by atoms with E-state index in [9.17, 15) is 9.18 Å². The molecule has 3 aliphatic rings. The summed E-state index contributed by atoms with van der Waals surface area (Å²) >= 11 is 0. The van der Waals surface area contributed by atoms with Gasteiger partial charge in [0.05, 0.1) is 0 Å². The van der Waals surface area contributed by atoms with Crippen LogP contribution >= 0.6 is 0 Å². The molecule has 124 valence electrons. The second kappa shape index (κ2) is 6.14. The minimum Gasteiger partial charge on any atom is -0.382 e. The summed E-state index contributed by atoms with van der Waals surface area (Å²) in [7, 11) is 0. The molecule has 0 aromatic heterocycles. The highest BCUT2D eigenvalue weighted by Gasteiger charge is 2.44. The molecule has 0 radical (unpaired) electrons. The van der Waals surface area contributed by atoms with Crippen LogP contribution in [-0.4, -0.2) is 29.9 Å². The van der Waals surface area contributed by atoms with Crippen LogP contribution in [0, 0.1) is 23.6 Å². The van der Waals surface area contributed by atoms with Crippen LogP contribution < -0.4 is 5.32 Å². The maximum Gasteiger partial charge on any atom is 0.225 e. The van der Waals surface area contributed by atoms with Gasteiger partial charge in [-0.25, -0.2) is 4.39 Å². The predicted molar refractivity (Wildman–Crippen MR) is 88.6 cm³/mol. The lowest BCUT2D eigenvalue weighted by Crippen LogP contribution is -2.45. The predicted octanol–water partition coefficient (Wildman–Crippen LogP) is 3.66. The van der Waals surface area contributed by atoms with Crippen molar-refractivity contribution < 1.29 is 9.18 Å². The van der Waals surface area contributed by atoms with Crippen LogP contribution in [0.4, 0.5) is 10.1 Å². The molecule has 1 aromatic carbocycles. The van der Waals surface area contributed by atoms with E-state index in [0.29, 0.717) is 23.8 Å². The summed E-state index contributed by atoms with van der Waals surface area (Å²) in [5, 5.41) is 3.46. The molecule has 1 heterocycles. The lowest BCUT2D eigenvalue weighted by atomic mass is 9.87. The zero-order valence-electron chi connectivity index (χ0n) is 13.5. The highest BCUT2D eigenvalue weighted by atomic mass is 19.1. The van der Waals surface area contributed by atoms with Crippen LogP contribution in [0.2, 0.25) is 0 Å². The van der Waals surface area contributed by atoms with Gasteiger partial charge in [-0.05, 0) is 68.2 Å². The molecule has 3 atom stereocenters. The van der Waals surface area contributed by atoms with Crippen molar-refractivity contribution in [1.29, 1.82) is 0 Å². The van der Waals surface area contributed by atoms with Gasteiger partial charge in [0.2, 0.25) is 5.91 Å². The van der Waals surface area contributed by atoms with Crippen molar-refractivity contribution in [2.75, 3.05) is 18.4 Å². The molecule has 1 amide bonds. The van der Waals surface area contributed by atoms with Gasteiger partial charge in [0.15, 0.2) is 0 Å². The number of hydrogen-bond acceptors (Lipinski definition) is 2. The average Bonchev–Trinajstić information content (AvgIpc) is 3.20. The van der Waals surface area contributed by atoms with E-state index in [1.807, 2.05) is 0 Å². The Morgan fingerprint density at radius 1 is 1.04 bits per heavy atom. The number of carbonyl (C=O) groups is 1. The highest BCUT2D eigenvalue weighted by molar-refractivity contribution is 5.79. The molecule has 23 heavy (non-hydrogen) atoms. The average molecular weight is 316 g/mol. The standard InChI is InChI=1S/C19H25FN2O/c20-15-3-5-16(6-4-15)21-17-7-9-22(10-8-17)19(23)18-12-13-1-2-14(18)11-13/h3-6,13-14,17-18,21H,1-2,7-12H2. The van der Waals surface area contributed by atoms with Crippen molar-refractivity contribution in [2.45, 2.75) is 44.6 Å². The fourth-order valence-corrected chi connectivity index (χ4v) is 4.81. The quantitative estimate of drug-likeness (QED) is 0.923. The van der Waals surface area contributed by atoms with Crippen molar-refractivity contribution in [1.82, 2.24) is 4.90 Å². The molecule has 1 N–H and O–H groups in total. The Bertz CT molecular complexity index is 565. The molecule has 1 aliphatic heterocycles. The first-order chi connectivity index (χ1) is 11.2. The molecule has 3 nitrogen and oxygen atoms in total. The summed E-state index contributed by atoms with van der Waals surface area (Å²) in [5.74, 6) is 2.02. The van der Waals surface area contributed by atoms with Crippen LogP contribution in [0.1, 0.15) is 38.5 Å². The number of likely N-dealkylation sites (tertiary alicyclic amines) is 1. The highest BCUT2D eigenvalue weighted by Crippen LogP contribution is 2.49. The Balaban J connectivity index is 1.29. The van der Waals surface area contributed by atoms with E-state index in [1.165, 1.54) is 31.4 Å². The fraction of sp³-hybridized carbons (Fsp3) is 0.632. The van der Waals surface area contributed by atoms with E-state index in [-0.39, 0.29) is 5.82 Å². The van der Waals surface area contributed by atoms with E-state index < -0.39 is 0 Å². The van der Waals surface area contributed by atoms with Crippen LogP contribution in [-0.2, 0) is 4.79 Å². The first-order valence-electron chi connectivity index (χ1n) is 9.00. The number of hydrogen-bond donors (Lipinski definition) is 1. The molecule has 4 rings (SSSR count). The third kappa shape index (κ3) is 3.08. The summed E-state index contributed by atoms with van der Waals surface area (Å²) in [6.07, 6.45) is 6.99.